The van der Waals surface area contributed by atoms with Crippen LogP contribution in [-0.4, -0.2) is 53.6 Å². The molecule has 1 aromatic carbocycles. The van der Waals surface area contributed by atoms with E-state index >= 15 is 0 Å². The Kier molecular flexibility index (Phi) is 6.00. The molecule has 1 atom stereocenters. The second kappa shape index (κ2) is 7.11. The molecule has 0 spiro atoms. The van der Waals surface area contributed by atoms with Gasteiger partial charge < -0.3 is 15.5 Å². The normalized spacial score (nSPS) is 13.4. The van der Waals surface area contributed by atoms with E-state index in [-0.39, 0.29) is 10.9 Å². The van der Waals surface area contributed by atoms with Crippen LogP contribution in [0, 0.1) is 0 Å². The van der Waals surface area contributed by atoms with E-state index in [4.69, 9.17) is 5.73 Å². The molecule has 1 rings (SSSR count). The van der Waals surface area contributed by atoms with Gasteiger partial charge in [0.1, 0.15) is 4.90 Å². The molecule has 0 amide bonds. The van der Waals surface area contributed by atoms with Crippen molar-refractivity contribution < 1.29 is 8.42 Å². The largest absolute Gasteiger partial charge is 0.399 e. The van der Waals surface area contributed by atoms with Gasteiger partial charge in [0.05, 0.1) is 5.69 Å². The highest BCUT2D eigenvalue weighted by Gasteiger charge is 2.23. The summed E-state index contributed by atoms with van der Waals surface area (Å²) in [7, 11) is 1.85. The van der Waals surface area contributed by atoms with Gasteiger partial charge in [0.15, 0.2) is 0 Å². The Bertz CT molecular complexity index is 572. The van der Waals surface area contributed by atoms with Crippen molar-refractivity contribution in [3.05, 3.63) is 18.2 Å². The van der Waals surface area contributed by atoms with Crippen LogP contribution in [0.2, 0.25) is 0 Å². The number of nitrogen functional groups attached to an aromatic ring is 1. The van der Waals surface area contributed by atoms with Crippen molar-refractivity contribution in [3.63, 3.8) is 0 Å². The summed E-state index contributed by atoms with van der Waals surface area (Å²) in [6, 6.07) is 5.19. The van der Waals surface area contributed by atoms with Gasteiger partial charge in [-0.15, -0.1) is 0 Å². The molecule has 0 radical (unpaired) electrons. The number of sulfonamides is 1. The van der Waals surface area contributed by atoms with E-state index in [1.807, 2.05) is 21.0 Å². The molecule has 21 heavy (non-hydrogen) atoms. The highest BCUT2D eigenvalue weighted by Crippen LogP contribution is 2.28. The molecule has 0 bridgehead atoms. The van der Waals surface area contributed by atoms with Gasteiger partial charge in [0.25, 0.3) is 0 Å². The number of benzene rings is 1. The average Bonchev–Trinajstić information content (AvgIpc) is 2.40. The maximum absolute atomic E-state index is 12.2. The quantitative estimate of drug-likeness (QED) is 0.733. The molecule has 120 valence electrons. The third kappa shape index (κ3) is 4.33. The number of anilines is 2. The summed E-state index contributed by atoms with van der Waals surface area (Å²) in [5, 5.41) is 0. The number of nitrogens with two attached hydrogens (primary N) is 1. The van der Waals surface area contributed by atoms with Gasteiger partial charge in [0.2, 0.25) is 10.0 Å². The van der Waals surface area contributed by atoms with Gasteiger partial charge in [-0.2, -0.15) is 0 Å². The Balaban J connectivity index is 3.33. The Hall–Kier alpha value is -1.31. The van der Waals surface area contributed by atoms with Crippen molar-refractivity contribution in [1.29, 1.82) is 0 Å². The zero-order valence-electron chi connectivity index (χ0n) is 13.4. The fourth-order valence-corrected chi connectivity index (χ4v) is 3.41. The van der Waals surface area contributed by atoms with Crippen molar-refractivity contribution in [2.24, 2.45) is 0 Å². The summed E-state index contributed by atoms with van der Waals surface area (Å²) in [6.07, 6.45) is 0. The minimum Gasteiger partial charge on any atom is -0.399 e. The van der Waals surface area contributed by atoms with E-state index in [1.54, 1.807) is 12.1 Å². The minimum absolute atomic E-state index is 0.180. The van der Waals surface area contributed by atoms with E-state index in [1.165, 1.54) is 13.1 Å². The number of hydrogen-bond acceptors (Lipinski definition) is 5. The molecular weight excluding hydrogens is 288 g/mol. The molecule has 6 nitrogen and oxygen atoms in total. The average molecular weight is 314 g/mol. The van der Waals surface area contributed by atoms with E-state index in [2.05, 4.69) is 21.4 Å². The van der Waals surface area contributed by atoms with Crippen LogP contribution in [-0.2, 0) is 10.0 Å². The Morgan fingerprint density at radius 2 is 1.95 bits per heavy atom. The van der Waals surface area contributed by atoms with Crippen LogP contribution in [0.3, 0.4) is 0 Å². The van der Waals surface area contributed by atoms with Gasteiger partial charge in [0, 0.05) is 24.8 Å². The van der Waals surface area contributed by atoms with Crippen LogP contribution in [0.1, 0.15) is 13.8 Å². The smallest absolute Gasteiger partial charge is 0.242 e. The molecule has 1 aromatic rings. The first kappa shape index (κ1) is 17.7. The molecule has 0 saturated heterocycles. The molecule has 0 heterocycles. The minimum atomic E-state index is -3.55. The fourth-order valence-electron chi connectivity index (χ4n) is 2.44. The van der Waals surface area contributed by atoms with Gasteiger partial charge >= 0.3 is 0 Å². The van der Waals surface area contributed by atoms with Crippen molar-refractivity contribution in [3.8, 4) is 0 Å². The molecule has 7 heteroatoms. The summed E-state index contributed by atoms with van der Waals surface area (Å²) in [6.45, 7) is 5.64. The first-order valence-electron chi connectivity index (χ1n) is 6.97. The van der Waals surface area contributed by atoms with Crippen LogP contribution in [0.15, 0.2) is 23.1 Å². The molecule has 3 N–H and O–H groups in total. The predicted octanol–water partition coefficient (Wildman–Crippen LogP) is 0.953. The van der Waals surface area contributed by atoms with Gasteiger partial charge in [-0.3, -0.25) is 0 Å². The van der Waals surface area contributed by atoms with Crippen LogP contribution >= 0.6 is 0 Å². The maximum atomic E-state index is 12.2. The lowest BCUT2D eigenvalue weighted by molar-refractivity contribution is 0.372. The van der Waals surface area contributed by atoms with E-state index in [0.717, 1.165) is 6.54 Å². The second-order valence-corrected chi connectivity index (χ2v) is 7.19. The topological polar surface area (TPSA) is 78.7 Å². The van der Waals surface area contributed by atoms with Crippen molar-refractivity contribution in [2.75, 3.05) is 44.9 Å². The summed E-state index contributed by atoms with van der Waals surface area (Å²) in [5.74, 6) is 0. The third-order valence-corrected chi connectivity index (χ3v) is 4.80. The SMILES string of the molecule is CCN(c1ccc(N)cc1S(=O)(=O)NC)C(C)CN(C)C. The predicted molar refractivity (Wildman–Crippen MR) is 88.1 cm³/mol. The second-order valence-electron chi connectivity index (χ2n) is 5.33. The summed E-state index contributed by atoms with van der Waals surface area (Å²) >= 11 is 0. The molecule has 1 unspecified atom stereocenters. The number of rotatable bonds is 7. The number of likely N-dealkylation sites (N-methyl/N-ethyl adjacent to an activating group) is 2. The number of hydrogen-bond donors (Lipinski definition) is 2. The Morgan fingerprint density at radius 3 is 2.43 bits per heavy atom. The van der Waals surface area contributed by atoms with Crippen LogP contribution in [0.4, 0.5) is 11.4 Å². The molecular formula is C14H26N4O2S. The van der Waals surface area contributed by atoms with E-state index in [0.29, 0.717) is 17.9 Å². The zero-order chi connectivity index (χ0) is 16.2. The lowest BCUT2D eigenvalue weighted by atomic mass is 10.2. The Labute approximate surface area is 128 Å². The van der Waals surface area contributed by atoms with Crippen molar-refractivity contribution >= 4 is 21.4 Å². The van der Waals surface area contributed by atoms with E-state index < -0.39 is 10.0 Å². The molecule has 0 aliphatic rings. The molecule has 0 aliphatic heterocycles. The van der Waals surface area contributed by atoms with Gasteiger partial charge in [-0.1, -0.05) is 0 Å². The maximum Gasteiger partial charge on any atom is 0.242 e. The highest BCUT2D eigenvalue weighted by atomic mass is 32.2. The van der Waals surface area contributed by atoms with E-state index in [9.17, 15) is 8.42 Å². The fraction of sp³-hybridized carbons (Fsp3) is 0.571. The standard InChI is InChI=1S/C14H26N4O2S/c1-6-18(11(2)10-17(4)5)13-8-7-12(15)9-14(13)21(19,20)16-3/h7-9,11,16H,6,10,15H2,1-5H3. The number of nitrogens with one attached hydrogen (secondary N) is 1. The van der Waals surface area contributed by atoms with Crippen molar-refractivity contribution in [2.45, 2.75) is 24.8 Å². The van der Waals surface area contributed by atoms with Gasteiger partial charge in [-0.25, -0.2) is 13.1 Å². The van der Waals surface area contributed by atoms with Crippen molar-refractivity contribution in [1.82, 2.24) is 9.62 Å². The lowest BCUT2D eigenvalue weighted by Crippen LogP contribution is -2.41. The van der Waals surface area contributed by atoms with Crippen LogP contribution < -0.4 is 15.4 Å². The zero-order valence-corrected chi connectivity index (χ0v) is 14.2. The molecule has 0 fully saturated rings. The summed E-state index contributed by atoms with van der Waals surface area (Å²) < 4.78 is 26.8. The van der Waals surface area contributed by atoms with Crippen LogP contribution in [0.25, 0.3) is 0 Å². The van der Waals surface area contributed by atoms with Gasteiger partial charge in [-0.05, 0) is 53.2 Å². The lowest BCUT2D eigenvalue weighted by Gasteiger charge is -2.33. The molecule has 0 saturated carbocycles. The summed E-state index contributed by atoms with van der Waals surface area (Å²) in [5.41, 5.74) is 6.87. The molecule has 0 aliphatic carbocycles. The highest BCUT2D eigenvalue weighted by molar-refractivity contribution is 7.89. The Morgan fingerprint density at radius 1 is 1.33 bits per heavy atom. The van der Waals surface area contributed by atoms with Crippen LogP contribution in [0.5, 0.6) is 0 Å². The number of nitrogens with zero attached hydrogens (tertiary/aromatic N) is 2. The monoisotopic (exact) mass is 314 g/mol. The first-order valence-corrected chi connectivity index (χ1v) is 8.45. The third-order valence-electron chi connectivity index (χ3n) is 3.35. The summed E-state index contributed by atoms with van der Waals surface area (Å²) in [4.78, 5) is 4.37. The first-order chi connectivity index (χ1) is 9.72. The molecule has 0 aromatic heterocycles.